The number of aliphatic imine (C=N–C) groups is 4. The molecule has 2 aromatic rings. The third kappa shape index (κ3) is 7.59. The number of hydrogen-bond donors (Lipinski definition) is 0. The first-order valence-corrected chi connectivity index (χ1v) is 7.56. The van der Waals surface area contributed by atoms with E-state index in [1.54, 1.807) is 19.1 Å². The summed E-state index contributed by atoms with van der Waals surface area (Å²) in [6.45, 7) is 2.34. The van der Waals surface area contributed by atoms with Crippen LogP contribution in [-0.2, 0) is 32.3 Å². The number of hydrogen-bond acceptors (Lipinski definition) is 8. The molecule has 0 aliphatic rings. The van der Waals surface area contributed by atoms with Gasteiger partial charge in [-0.25, -0.2) is 29.2 Å². The van der Waals surface area contributed by atoms with Crippen molar-refractivity contribution in [1.29, 1.82) is 0 Å². The molecule has 27 heavy (non-hydrogen) atoms. The quantitative estimate of drug-likeness (QED) is 0.578. The van der Waals surface area contributed by atoms with E-state index >= 15 is 0 Å². The Hall–Kier alpha value is -4.04. The van der Waals surface area contributed by atoms with Gasteiger partial charge in [0.05, 0.1) is 24.5 Å². The first-order chi connectivity index (χ1) is 13.2. The Kier molecular flexibility index (Phi) is 9.60. The molecule has 2 rings (SSSR count). The van der Waals surface area contributed by atoms with Gasteiger partial charge in [-0.3, -0.25) is 0 Å². The minimum absolute atomic E-state index is 0.272. The van der Waals surface area contributed by atoms with E-state index in [1.165, 1.54) is 30.4 Å². The minimum atomic E-state index is 0.272. The van der Waals surface area contributed by atoms with Gasteiger partial charge >= 0.3 is 0 Å². The van der Waals surface area contributed by atoms with Gasteiger partial charge in [0.1, 0.15) is 0 Å². The number of benzene rings is 2. The number of aryl methyl sites for hydroxylation is 1. The second-order valence-electron chi connectivity index (χ2n) is 4.96. The highest BCUT2D eigenvalue weighted by molar-refractivity contribution is 5.61. The van der Waals surface area contributed by atoms with E-state index < -0.39 is 0 Å². The normalized spacial score (nSPS) is 8.48. The predicted molar refractivity (Wildman–Crippen MR) is 96.8 cm³/mol. The molecule has 8 heteroatoms. The van der Waals surface area contributed by atoms with E-state index in [1.807, 2.05) is 24.3 Å². The molecule has 0 heterocycles. The fourth-order valence-electron chi connectivity index (χ4n) is 1.99. The minimum Gasteiger partial charge on any atom is -0.211 e. The SMILES string of the molecule is Cc1ccc(N=C=O)cc1N=C=O.O=C=NCc1ccccc1CN=C=O. The van der Waals surface area contributed by atoms with Crippen molar-refractivity contribution in [3.8, 4) is 0 Å². The maximum Gasteiger partial charge on any atom is 0.240 e. The number of isocyanates is 4. The summed E-state index contributed by atoms with van der Waals surface area (Å²) in [5, 5.41) is 0. The molecular formula is C19H14N4O4. The van der Waals surface area contributed by atoms with Crippen molar-refractivity contribution in [3.05, 3.63) is 59.2 Å². The zero-order valence-electron chi connectivity index (χ0n) is 14.4. The molecule has 0 unspecified atom stereocenters. The van der Waals surface area contributed by atoms with Crippen LogP contribution in [0.3, 0.4) is 0 Å². The lowest BCUT2D eigenvalue weighted by molar-refractivity contribution is 0.561. The fourth-order valence-corrected chi connectivity index (χ4v) is 1.99. The van der Waals surface area contributed by atoms with Crippen molar-refractivity contribution < 1.29 is 19.2 Å². The largest absolute Gasteiger partial charge is 0.240 e. The van der Waals surface area contributed by atoms with E-state index in [-0.39, 0.29) is 13.1 Å². The molecule has 134 valence electrons. The molecular weight excluding hydrogens is 348 g/mol. The molecule has 0 aliphatic heterocycles. The molecule has 0 fully saturated rings. The van der Waals surface area contributed by atoms with Crippen LogP contribution in [0.15, 0.2) is 62.4 Å². The van der Waals surface area contributed by atoms with Crippen molar-refractivity contribution in [2.24, 2.45) is 20.0 Å². The van der Waals surface area contributed by atoms with Crippen LogP contribution < -0.4 is 0 Å². The monoisotopic (exact) mass is 362 g/mol. The molecule has 0 atom stereocenters. The van der Waals surface area contributed by atoms with Crippen LogP contribution in [0.5, 0.6) is 0 Å². The molecule has 0 radical (unpaired) electrons. The lowest BCUT2D eigenvalue weighted by atomic mass is 10.1. The van der Waals surface area contributed by atoms with Gasteiger partial charge in [-0.2, -0.15) is 9.98 Å². The van der Waals surface area contributed by atoms with Crippen LogP contribution in [0.2, 0.25) is 0 Å². The van der Waals surface area contributed by atoms with Crippen molar-refractivity contribution in [3.63, 3.8) is 0 Å². The smallest absolute Gasteiger partial charge is 0.211 e. The standard InChI is InChI=1S/C10H8N2O2.C9H6N2O2/c13-7-11-5-9-3-1-2-4-10(9)6-12-8-14;1-7-2-3-8(10-5-12)4-9(7)11-6-13/h1-4H,5-6H2;2-4H,1H3. The van der Waals surface area contributed by atoms with Crippen LogP contribution in [0.4, 0.5) is 11.4 Å². The topological polar surface area (TPSA) is 118 Å². The van der Waals surface area contributed by atoms with Gasteiger partial charge in [0.25, 0.3) is 0 Å². The first kappa shape index (κ1) is 21.0. The maximum atomic E-state index is 10.00. The van der Waals surface area contributed by atoms with Crippen molar-refractivity contribution in [2.45, 2.75) is 20.0 Å². The average molecular weight is 362 g/mol. The van der Waals surface area contributed by atoms with Gasteiger partial charge < -0.3 is 0 Å². The highest BCUT2D eigenvalue weighted by Gasteiger charge is 1.99. The molecule has 0 N–H and O–H groups in total. The number of rotatable bonds is 6. The second kappa shape index (κ2) is 12.3. The molecule has 0 bridgehead atoms. The Balaban J connectivity index is 0.000000271. The summed E-state index contributed by atoms with van der Waals surface area (Å²) < 4.78 is 0. The van der Waals surface area contributed by atoms with E-state index in [4.69, 9.17) is 0 Å². The summed E-state index contributed by atoms with van der Waals surface area (Å²) in [6, 6.07) is 12.2. The van der Waals surface area contributed by atoms with Crippen molar-refractivity contribution in [2.75, 3.05) is 0 Å². The Labute approximate surface area is 154 Å². The summed E-state index contributed by atoms with van der Waals surface area (Å²) >= 11 is 0. The maximum absolute atomic E-state index is 10.00. The number of carbonyl (C=O) groups excluding carboxylic acids is 4. The van der Waals surface area contributed by atoms with Gasteiger partial charge in [-0.1, -0.05) is 30.3 Å². The average Bonchev–Trinajstić information content (AvgIpc) is 2.69. The van der Waals surface area contributed by atoms with E-state index in [0.717, 1.165) is 16.7 Å². The van der Waals surface area contributed by atoms with Crippen LogP contribution in [0, 0.1) is 6.92 Å². The lowest BCUT2D eigenvalue weighted by Crippen LogP contribution is -1.90. The number of nitrogens with zero attached hydrogens (tertiary/aromatic N) is 4. The molecule has 0 spiro atoms. The van der Waals surface area contributed by atoms with Crippen molar-refractivity contribution in [1.82, 2.24) is 0 Å². The zero-order chi connectivity index (χ0) is 19.9. The summed E-state index contributed by atoms with van der Waals surface area (Å²) in [4.78, 5) is 53.6. The molecule has 0 saturated carbocycles. The zero-order valence-corrected chi connectivity index (χ0v) is 14.4. The van der Waals surface area contributed by atoms with Crippen LogP contribution in [0.1, 0.15) is 16.7 Å². The molecule has 0 amide bonds. The van der Waals surface area contributed by atoms with Crippen LogP contribution >= 0.6 is 0 Å². The highest BCUT2D eigenvalue weighted by atomic mass is 16.1. The van der Waals surface area contributed by atoms with Crippen LogP contribution in [0.25, 0.3) is 0 Å². The lowest BCUT2D eigenvalue weighted by Gasteiger charge is -2.01. The Morgan fingerprint density at radius 2 is 1.30 bits per heavy atom. The summed E-state index contributed by atoms with van der Waals surface area (Å²) in [7, 11) is 0. The highest BCUT2D eigenvalue weighted by Crippen LogP contribution is 2.23. The van der Waals surface area contributed by atoms with Gasteiger partial charge in [-0.15, -0.1) is 0 Å². The fraction of sp³-hybridized carbons (Fsp3) is 0.158. The van der Waals surface area contributed by atoms with E-state index in [2.05, 4.69) is 20.0 Å². The molecule has 8 nitrogen and oxygen atoms in total. The van der Waals surface area contributed by atoms with Crippen LogP contribution in [-0.4, -0.2) is 24.3 Å². The molecule has 2 aromatic carbocycles. The molecule has 0 aromatic heterocycles. The molecule has 0 saturated heterocycles. The summed E-state index contributed by atoms with van der Waals surface area (Å²) in [5.41, 5.74) is 3.46. The Morgan fingerprint density at radius 1 is 0.741 bits per heavy atom. The summed E-state index contributed by atoms with van der Waals surface area (Å²) in [6.07, 6.45) is 5.77. The van der Waals surface area contributed by atoms with Gasteiger partial charge in [0.15, 0.2) is 0 Å². The van der Waals surface area contributed by atoms with E-state index in [0.29, 0.717) is 11.4 Å². The third-order valence-electron chi connectivity index (χ3n) is 3.28. The first-order valence-electron chi connectivity index (χ1n) is 7.56. The molecule has 0 aliphatic carbocycles. The van der Waals surface area contributed by atoms with Gasteiger partial charge in [0.2, 0.25) is 24.3 Å². The third-order valence-corrected chi connectivity index (χ3v) is 3.28. The predicted octanol–water partition coefficient (Wildman–Crippen LogP) is 3.29. The van der Waals surface area contributed by atoms with Gasteiger partial charge in [-0.05, 0) is 35.7 Å². The van der Waals surface area contributed by atoms with Gasteiger partial charge in [0, 0.05) is 0 Å². The second-order valence-corrected chi connectivity index (χ2v) is 4.96. The van der Waals surface area contributed by atoms with Crippen molar-refractivity contribution >= 4 is 35.7 Å². The Bertz CT molecular complexity index is 938. The summed E-state index contributed by atoms with van der Waals surface area (Å²) in [5.74, 6) is 0. The Morgan fingerprint density at radius 3 is 1.78 bits per heavy atom. The van der Waals surface area contributed by atoms with E-state index in [9.17, 15) is 19.2 Å².